The molecule has 0 amide bonds. The third-order valence-electron chi connectivity index (χ3n) is 2.21. The van der Waals surface area contributed by atoms with E-state index in [1.807, 2.05) is 11.8 Å². The number of likely N-dealkylation sites (N-methyl/N-ethyl adjacent to an activating group) is 1. The number of nitrogens with zero attached hydrogens (tertiary/aromatic N) is 1. The van der Waals surface area contributed by atoms with Crippen LogP contribution < -0.4 is 0 Å². The number of thioether (sulfide) groups is 1. The lowest BCUT2D eigenvalue weighted by molar-refractivity contribution is -0.873. The standard InChI is InChI=1S/C12H28NOS/c1-5-6-7-8-9-15-11-12(14)10-13(2,3)4/h12,14H,5-11H2,1-4H3/q+1/t12-/m0/s1. The van der Waals surface area contributed by atoms with Crippen molar-refractivity contribution in [1.82, 2.24) is 0 Å². The molecule has 0 bridgehead atoms. The molecule has 0 fully saturated rings. The lowest BCUT2D eigenvalue weighted by atomic mass is 10.2. The number of rotatable bonds is 9. The van der Waals surface area contributed by atoms with E-state index in [0.717, 1.165) is 16.8 Å². The Kier molecular flexibility index (Phi) is 8.58. The highest BCUT2D eigenvalue weighted by Crippen LogP contribution is 2.10. The van der Waals surface area contributed by atoms with Crippen LogP contribution in [0.5, 0.6) is 0 Å². The maximum atomic E-state index is 9.75. The number of quaternary nitrogens is 1. The van der Waals surface area contributed by atoms with Gasteiger partial charge in [0.2, 0.25) is 0 Å². The summed E-state index contributed by atoms with van der Waals surface area (Å²) in [6.45, 7) is 3.08. The highest BCUT2D eigenvalue weighted by Gasteiger charge is 2.14. The van der Waals surface area contributed by atoms with Gasteiger partial charge in [0, 0.05) is 5.75 Å². The van der Waals surface area contributed by atoms with Crippen LogP contribution in [0.25, 0.3) is 0 Å². The molecular weight excluding hydrogens is 206 g/mol. The molecule has 0 aliphatic heterocycles. The molecule has 2 nitrogen and oxygen atoms in total. The topological polar surface area (TPSA) is 20.2 Å². The number of hydrogen-bond acceptors (Lipinski definition) is 2. The maximum Gasteiger partial charge on any atom is 0.112 e. The van der Waals surface area contributed by atoms with Crippen molar-refractivity contribution in [3.05, 3.63) is 0 Å². The summed E-state index contributed by atoms with van der Waals surface area (Å²) in [6, 6.07) is 0. The van der Waals surface area contributed by atoms with E-state index in [1.54, 1.807) is 0 Å². The number of unbranched alkanes of at least 4 members (excludes halogenated alkanes) is 3. The van der Waals surface area contributed by atoms with E-state index < -0.39 is 0 Å². The lowest BCUT2D eigenvalue weighted by Gasteiger charge is -2.26. The molecule has 15 heavy (non-hydrogen) atoms. The Labute approximate surface area is 99.6 Å². The Morgan fingerprint density at radius 2 is 1.80 bits per heavy atom. The molecule has 0 heterocycles. The average molecular weight is 234 g/mol. The summed E-state index contributed by atoms with van der Waals surface area (Å²) < 4.78 is 0.845. The second-order valence-corrected chi connectivity index (χ2v) is 6.41. The molecule has 0 aromatic carbocycles. The van der Waals surface area contributed by atoms with Crippen LogP contribution >= 0.6 is 11.8 Å². The average Bonchev–Trinajstić information content (AvgIpc) is 2.08. The van der Waals surface area contributed by atoms with Crippen LogP contribution in [0, 0.1) is 0 Å². The molecule has 0 saturated carbocycles. The van der Waals surface area contributed by atoms with Crippen molar-refractivity contribution in [2.24, 2.45) is 0 Å². The lowest BCUT2D eigenvalue weighted by Crippen LogP contribution is -2.42. The SMILES string of the molecule is CCCCCCSC[C@@H](O)C[N+](C)(C)C. The van der Waals surface area contributed by atoms with Gasteiger partial charge in [-0.15, -0.1) is 0 Å². The molecular formula is C12H28NOS+. The van der Waals surface area contributed by atoms with Crippen molar-refractivity contribution in [1.29, 1.82) is 0 Å². The highest BCUT2D eigenvalue weighted by atomic mass is 32.2. The normalized spacial score (nSPS) is 14.2. The molecule has 3 heteroatoms. The molecule has 0 aliphatic rings. The van der Waals surface area contributed by atoms with Crippen molar-refractivity contribution in [2.45, 2.75) is 38.7 Å². The molecule has 0 aromatic rings. The third kappa shape index (κ3) is 12.2. The molecule has 92 valence electrons. The van der Waals surface area contributed by atoms with Crippen LogP contribution in [0.1, 0.15) is 32.6 Å². The highest BCUT2D eigenvalue weighted by molar-refractivity contribution is 7.99. The van der Waals surface area contributed by atoms with Gasteiger partial charge < -0.3 is 9.59 Å². The molecule has 0 saturated heterocycles. The van der Waals surface area contributed by atoms with Gasteiger partial charge in [0.25, 0.3) is 0 Å². The summed E-state index contributed by atoms with van der Waals surface area (Å²) in [5.74, 6) is 2.09. The zero-order chi connectivity index (χ0) is 11.7. The first-order valence-electron chi connectivity index (χ1n) is 6.02. The van der Waals surface area contributed by atoms with Crippen molar-refractivity contribution in [3.8, 4) is 0 Å². The summed E-state index contributed by atoms with van der Waals surface area (Å²) in [7, 11) is 6.36. The van der Waals surface area contributed by atoms with Crippen molar-refractivity contribution in [3.63, 3.8) is 0 Å². The second-order valence-electron chi connectivity index (χ2n) is 5.26. The quantitative estimate of drug-likeness (QED) is 0.488. The fraction of sp³-hybridized carbons (Fsp3) is 1.00. The number of hydrogen-bond donors (Lipinski definition) is 1. The molecule has 0 rings (SSSR count). The van der Waals surface area contributed by atoms with Crippen LogP contribution in [-0.2, 0) is 0 Å². The van der Waals surface area contributed by atoms with Gasteiger partial charge in [0.1, 0.15) is 12.6 Å². The largest absolute Gasteiger partial charge is 0.386 e. The van der Waals surface area contributed by atoms with Gasteiger partial charge in [-0.1, -0.05) is 26.2 Å². The van der Waals surface area contributed by atoms with Gasteiger partial charge in [-0.05, 0) is 12.2 Å². The maximum absolute atomic E-state index is 9.75. The Morgan fingerprint density at radius 3 is 2.33 bits per heavy atom. The second kappa shape index (κ2) is 8.43. The monoisotopic (exact) mass is 234 g/mol. The van der Waals surface area contributed by atoms with Gasteiger partial charge >= 0.3 is 0 Å². The third-order valence-corrected chi connectivity index (χ3v) is 3.41. The van der Waals surface area contributed by atoms with Gasteiger partial charge in [0.05, 0.1) is 21.1 Å². The number of aliphatic hydroxyl groups excluding tert-OH is 1. The fourth-order valence-electron chi connectivity index (χ4n) is 1.54. The Bertz CT molecular complexity index is 145. The first-order valence-corrected chi connectivity index (χ1v) is 7.17. The summed E-state index contributed by atoms with van der Waals surface area (Å²) in [5.41, 5.74) is 0. The molecule has 1 N–H and O–H groups in total. The van der Waals surface area contributed by atoms with E-state index in [1.165, 1.54) is 31.4 Å². The summed E-state index contributed by atoms with van der Waals surface area (Å²) in [5, 5.41) is 9.75. The molecule has 0 unspecified atom stereocenters. The first-order chi connectivity index (χ1) is 6.95. The Hall–Kier alpha value is 0.270. The van der Waals surface area contributed by atoms with E-state index in [9.17, 15) is 5.11 Å². The first kappa shape index (κ1) is 15.3. The fourth-order valence-corrected chi connectivity index (χ4v) is 2.49. The van der Waals surface area contributed by atoms with Crippen LogP contribution in [0.15, 0.2) is 0 Å². The van der Waals surface area contributed by atoms with Crippen molar-refractivity contribution >= 4 is 11.8 Å². The van der Waals surface area contributed by atoms with Gasteiger partial charge in [-0.25, -0.2) is 0 Å². The molecule has 1 atom stereocenters. The molecule has 0 radical (unpaired) electrons. The van der Waals surface area contributed by atoms with Crippen LogP contribution in [0.3, 0.4) is 0 Å². The summed E-state index contributed by atoms with van der Waals surface area (Å²) in [4.78, 5) is 0. The number of aliphatic hydroxyl groups is 1. The van der Waals surface area contributed by atoms with E-state index in [-0.39, 0.29) is 6.10 Å². The van der Waals surface area contributed by atoms with E-state index in [0.29, 0.717) is 0 Å². The van der Waals surface area contributed by atoms with E-state index in [4.69, 9.17) is 0 Å². The van der Waals surface area contributed by atoms with E-state index >= 15 is 0 Å². The van der Waals surface area contributed by atoms with Crippen LogP contribution in [0.2, 0.25) is 0 Å². The zero-order valence-electron chi connectivity index (χ0n) is 10.8. The summed E-state index contributed by atoms with van der Waals surface area (Å²) in [6.07, 6.45) is 5.14. The molecule has 0 aromatic heterocycles. The Morgan fingerprint density at radius 1 is 1.13 bits per heavy atom. The minimum Gasteiger partial charge on any atom is -0.386 e. The smallest absolute Gasteiger partial charge is 0.112 e. The zero-order valence-corrected chi connectivity index (χ0v) is 11.6. The van der Waals surface area contributed by atoms with Crippen molar-refractivity contribution in [2.75, 3.05) is 39.2 Å². The van der Waals surface area contributed by atoms with Crippen LogP contribution in [-0.4, -0.2) is 54.9 Å². The van der Waals surface area contributed by atoms with Crippen LogP contribution in [0.4, 0.5) is 0 Å². The predicted molar refractivity (Wildman–Crippen MR) is 70.4 cm³/mol. The summed E-state index contributed by atoms with van der Waals surface area (Å²) >= 11 is 1.89. The molecule has 0 aliphatic carbocycles. The predicted octanol–water partition coefficient (Wildman–Crippen LogP) is 2.37. The van der Waals surface area contributed by atoms with Gasteiger partial charge in [-0.3, -0.25) is 0 Å². The Balaban J connectivity index is 3.28. The molecule has 0 spiro atoms. The van der Waals surface area contributed by atoms with Gasteiger partial charge in [-0.2, -0.15) is 11.8 Å². The van der Waals surface area contributed by atoms with Gasteiger partial charge in [0.15, 0.2) is 0 Å². The van der Waals surface area contributed by atoms with E-state index in [2.05, 4.69) is 28.1 Å². The van der Waals surface area contributed by atoms with Crippen molar-refractivity contribution < 1.29 is 9.59 Å². The minimum absolute atomic E-state index is 0.152. The minimum atomic E-state index is -0.152.